The lowest BCUT2D eigenvalue weighted by atomic mass is 9.78. The molecule has 1 aliphatic rings. The average Bonchev–Trinajstić information content (AvgIpc) is 2.68. The van der Waals surface area contributed by atoms with Crippen LogP contribution in [0.25, 0.3) is 0 Å². The molecule has 2 N–H and O–H groups in total. The molecule has 0 aromatic heterocycles. The van der Waals surface area contributed by atoms with Crippen molar-refractivity contribution in [3.8, 4) is 0 Å². The molecule has 0 unspecified atom stereocenters. The zero-order valence-electron chi connectivity index (χ0n) is 17.5. The fourth-order valence-corrected chi connectivity index (χ4v) is 3.58. The second-order valence-corrected chi connectivity index (χ2v) is 8.25. The van der Waals surface area contributed by atoms with Crippen molar-refractivity contribution >= 4 is 17.8 Å². The number of rotatable bonds is 7. The largest absolute Gasteiger partial charge is 0.454 e. The summed E-state index contributed by atoms with van der Waals surface area (Å²) in [4.78, 5) is 37.0. The molecule has 0 heterocycles. The van der Waals surface area contributed by atoms with Crippen LogP contribution in [-0.4, -0.2) is 36.5 Å². The van der Waals surface area contributed by atoms with Gasteiger partial charge in [-0.3, -0.25) is 9.59 Å². The second-order valence-electron chi connectivity index (χ2n) is 8.25. The molecule has 1 fully saturated rings. The van der Waals surface area contributed by atoms with Gasteiger partial charge in [-0.15, -0.1) is 0 Å². The minimum atomic E-state index is -0.908. The van der Waals surface area contributed by atoms with Crippen molar-refractivity contribution in [3.05, 3.63) is 35.6 Å². The molecule has 160 valence electrons. The van der Waals surface area contributed by atoms with E-state index in [1.807, 2.05) is 0 Å². The molecule has 1 aromatic rings. The summed E-state index contributed by atoms with van der Waals surface area (Å²) in [6.45, 7) is 7.46. The van der Waals surface area contributed by atoms with Gasteiger partial charge in [0, 0.05) is 11.6 Å². The van der Waals surface area contributed by atoms with Gasteiger partial charge in [-0.1, -0.05) is 40.5 Å². The van der Waals surface area contributed by atoms with E-state index in [0.29, 0.717) is 11.8 Å². The molecule has 4 atom stereocenters. The van der Waals surface area contributed by atoms with Crippen LogP contribution in [0.1, 0.15) is 57.3 Å². The highest BCUT2D eigenvalue weighted by molar-refractivity contribution is 5.97. The van der Waals surface area contributed by atoms with Crippen molar-refractivity contribution in [1.82, 2.24) is 10.6 Å². The summed E-state index contributed by atoms with van der Waals surface area (Å²) in [7, 11) is 0. The minimum absolute atomic E-state index is 0.0871. The highest BCUT2D eigenvalue weighted by Crippen LogP contribution is 2.29. The van der Waals surface area contributed by atoms with Gasteiger partial charge in [0.2, 0.25) is 0 Å². The van der Waals surface area contributed by atoms with Crippen LogP contribution < -0.4 is 10.6 Å². The monoisotopic (exact) mass is 406 g/mol. The van der Waals surface area contributed by atoms with Crippen molar-refractivity contribution in [2.24, 2.45) is 17.8 Å². The molecule has 1 aromatic carbocycles. The molecule has 2 rings (SSSR count). The van der Waals surface area contributed by atoms with Crippen LogP contribution in [0.4, 0.5) is 4.39 Å². The van der Waals surface area contributed by atoms with Gasteiger partial charge in [-0.05, 0) is 48.4 Å². The van der Waals surface area contributed by atoms with E-state index < -0.39 is 23.7 Å². The Morgan fingerprint density at radius 2 is 1.79 bits per heavy atom. The van der Waals surface area contributed by atoms with E-state index in [4.69, 9.17) is 4.74 Å². The average molecular weight is 406 g/mol. The normalized spacial score (nSPS) is 22.6. The fraction of sp³-hybridized carbons (Fsp3) is 0.591. The van der Waals surface area contributed by atoms with E-state index in [9.17, 15) is 18.8 Å². The molecule has 29 heavy (non-hydrogen) atoms. The Bertz CT molecular complexity index is 720. The number of carbonyl (C=O) groups excluding carboxylic acids is 3. The number of esters is 1. The maximum atomic E-state index is 13.0. The summed E-state index contributed by atoms with van der Waals surface area (Å²) in [6, 6.07) is 4.21. The summed E-state index contributed by atoms with van der Waals surface area (Å²) in [6.07, 6.45) is 3.15. The van der Waals surface area contributed by atoms with Crippen molar-refractivity contribution in [1.29, 1.82) is 0 Å². The third kappa shape index (κ3) is 6.54. The van der Waals surface area contributed by atoms with Gasteiger partial charge >= 0.3 is 5.97 Å². The molecule has 1 aliphatic carbocycles. The predicted molar refractivity (Wildman–Crippen MR) is 108 cm³/mol. The number of hydrogen-bond donors (Lipinski definition) is 2. The molecule has 0 bridgehead atoms. The first-order chi connectivity index (χ1) is 13.7. The highest BCUT2D eigenvalue weighted by Gasteiger charge is 2.30. The molecular formula is C22H31FN2O4. The molecule has 0 radical (unpaired) electrons. The Balaban J connectivity index is 1.87. The van der Waals surface area contributed by atoms with Crippen LogP contribution in [0.2, 0.25) is 0 Å². The van der Waals surface area contributed by atoms with Gasteiger partial charge in [0.25, 0.3) is 11.8 Å². The van der Waals surface area contributed by atoms with Gasteiger partial charge in [0.15, 0.2) is 6.61 Å². The standard InChI is InChI=1S/C22H31FN2O4/c1-13(2)20(25-21(27)16-8-10-17(23)11-9-16)22(28)29-12-19(26)24-18-7-5-6-14(3)15(18)4/h8-11,13-15,18,20H,5-7,12H2,1-4H3,(H,24,26)(H,25,27)/t14-,15+,18+,20+/m1/s1. The van der Waals surface area contributed by atoms with E-state index in [-0.39, 0.29) is 30.0 Å². The van der Waals surface area contributed by atoms with Crippen molar-refractivity contribution in [2.75, 3.05) is 6.61 Å². The Kier molecular flexibility index (Phi) is 8.17. The number of nitrogens with one attached hydrogen (secondary N) is 2. The lowest BCUT2D eigenvalue weighted by molar-refractivity contribution is -0.151. The molecule has 2 amide bonds. The van der Waals surface area contributed by atoms with E-state index in [0.717, 1.165) is 19.3 Å². The first kappa shape index (κ1) is 22.8. The molecule has 1 saturated carbocycles. The lowest BCUT2D eigenvalue weighted by Crippen LogP contribution is -2.48. The topological polar surface area (TPSA) is 84.5 Å². The number of carbonyl (C=O) groups is 3. The van der Waals surface area contributed by atoms with E-state index in [1.54, 1.807) is 13.8 Å². The van der Waals surface area contributed by atoms with Crippen LogP contribution in [0.15, 0.2) is 24.3 Å². The molecule has 0 saturated heterocycles. The number of benzene rings is 1. The number of halogens is 1. The van der Waals surface area contributed by atoms with Crippen molar-refractivity contribution < 1.29 is 23.5 Å². The molecule has 0 spiro atoms. The van der Waals surface area contributed by atoms with E-state index >= 15 is 0 Å². The smallest absolute Gasteiger partial charge is 0.329 e. The maximum Gasteiger partial charge on any atom is 0.329 e. The maximum absolute atomic E-state index is 13.0. The Labute approximate surface area is 171 Å². The highest BCUT2D eigenvalue weighted by atomic mass is 19.1. The Hall–Kier alpha value is -2.44. The van der Waals surface area contributed by atoms with Crippen LogP contribution >= 0.6 is 0 Å². The quantitative estimate of drug-likeness (QED) is 0.682. The zero-order chi connectivity index (χ0) is 21.6. The number of hydrogen-bond acceptors (Lipinski definition) is 4. The van der Waals surface area contributed by atoms with Crippen LogP contribution in [0.3, 0.4) is 0 Å². The van der Waals surface area contributed by atoms with Gasteiger partial charge in [-0.2, -0.15) is 0 Å². The van der Waals surface area contributed by atoms with Gasteiger partial charge in [0.05, 0.1) is 0 Å². The Morgan fingerprint density at radius 3 is 2.41 bits per heavy atom. The third-order valence-electron chi connectivity index (χ3n) is 5.71. The third-order valence-corrected chi connectivity index (χ3v) is 5.71. The van der Waals surface area contributed by atoms with Gasteiger partial charge < -0.3 is 15.4 Å². The summed E-state index contributed by atoms with van der Waals surface area (Å²) in [5, 5.41) is 5.56. The summed E-state index contributed by atoms with van der Waals surface area (Å²) < 4.78 is 18.2. The lowest BCUT2D eigenvalue weighted by Gasteiger charge is -2.34. The Morgan fingerprint density at radius 1 is 1.14 bits per heavy atom. The summed E-state index contributed by atoms with van der Waals surface area (Å²) in [5.41, 5.74) is 0.239. The number of ether oxygens (including phenoxy) is 1. The fourth-order valence-electron chi connectivity index (χ4n) is 3.58. The first-order valence-corrected chi connectivity index (χ1v) is 10.2. The van der Waals surface area contributed by atoms with Crippen LogP contribution in [-0.2, 0) is 14.3 Å². The van der Waals surface area contributed by atoms with Crippen LogP contribution in [0.5, 0.6) is 0 Å². The van der Waals surface area contributed by atoms with E-state index in [2.05, 4.69) is 24.5 Å². The predicted octanol–water partition coefficient (Wildman–Crippen LogP) is 3.06. The van der Waals surface area contributed by atoms with E-state index in [1.165, 1.54) is 24.3 Å². The summed E-state index contributed by atoms with van der Waals surface area (Å²) >= 11 is 0. The van der Waals surface area contributed by atoms with Crippen molar-refractivity contribution in [2.45, 2.75) is 59.0 Å². The van der Waals surface area contributed by atoms with Gasteiger partial charge in [0.1, 0.15) is 11.9 Å². The molecule has 6 nitrogen and oxygen atoms in total. The SMILES string of the molecule is CC(C)[C@H](NC(=O)c1ccc(F)cc1)C(=O)OCC(=O)N[C@H]1CCC[C@@H](C)[C@@H]1C. The summed E-state index contributed by atoms with van der Waals surface area (Å²) in [5.74, 6) is -1.28. The van der Waals surface area contributed by atoms with Crippen LogP contribution in [0, 0.1) is 23.6 Å². The van der Waals surface area contributed by atoms with Crippen molar-refractivity contribution in [3.63, 3.8) is 0 Å². The second kappa shape index (κ2) is 10.4. The first-order valence-electron chi connectivity index (χ1n) is 10.2. The molecule has 7 heteroatoms. The molecule has 0 aliphatic heterocycles. The number of amides is 2. The minimum Gasteiger partial charge on any atom is -0.454 e. The zero-order valence-corrected chi connectivity index (χ0v) is 17.5. The van der Waals surface area contributed by atoms with Gasteiger partial charge in [-0.25, -0.2) is 9.18 Å². The molecular weight excluding hydrogens is 375 g/mol.